The molecule has 1 N–H and O–H groups in total. The summed E-state index contributed by atoms with van der Waals surface area (Å²) in [5.74, 6) is 0. The van der Waals surface area contributed by atoms with E-state index < -0.39 is 0 Å². The molecular formula is C22H22N4S. The summed E-state index contributed by atoms with van der Waals surface area (Å²) in [7, 11) is 0. The molecule has 0 bridgehead atoms. The number of hydrogen-bond acceptors (Lipinski definition) is 4. The highest BCUT2D eigenvalue weighted by Crippen LogP contribution is 2.22. The van der Waals surface area contributed by atoms with Crippen LogP contribution in [0.3, 0.4) is 0 Å². The van der Waals surface area contributed by atoms with Crippen LogP contribution in [-0.2, 0) is 13.0 Å². The maximum atomic E-state index is 4.67. The average molecular weight is 375 g/mol. The highest BCUT2D eigenvalue weighted by atomic mass is 32.1. The molecule has 27 heavy (non-hydrogen) atoms. The number of pyridine rings is 1. The van der Waals surface area contributed by atoms with E-state index in [1.54, 1.807) is 17.5 Å². The molecule has 3 heterocycles. The number of hydrogen-bond donors (Lipinski definition) is 1. The Bertz CT molecular complexity index is 977. The number of para-hydroxylation sites is 1. The van der Waals surface area contributed by atoms with Gasteiger partial charge >= 0.3 is 0 Å². The SMILES string of the molecule is Cc1cccnc1[C@@H](Cc1ccsc1)NCc1ccccc1-n1cccn1. The first-order valence-electron chi connectivity index (χ1n) is 9.05. The molecule has 0 aliphatic carbocycles. The van der Waals surface area contributed by atoms with Crippen molar-refractivity contribution >= 4 is 11.3 Å². The summed E-state index contributed by atoms with van der Waals surface area (Å²) < 4.78 is 1.91. The topological polar surface area (TPSA) is 42.7 Å². The molecule has 0 radical (unpaired) electrons. The number of aryl methyl sites for hydroxylation is 1. The number of thiophene rings is 1. The molecule has 4 rings (SSSR count). The Morgan fingerprint density at radius 2 is 2.00 bits per heavy atom. The Hall–Kier alpha value is -2.76. The lowest BCUT2D eigenvalue weighted by Crippen LogP contribution is -2.25. The maximum absolute atomic E-state index is 4.67. The summed E-state index contributed by atoms with van der Waals surface area (Å²) in [5.41, 5.74) is 5.97. The van der Waals surface area contributed by atoms with Crippen molar-refractivity contribution < 1.29 is 0 Å². The first-order chi connectivity index (χ1) is 13.3. The van der Waals surface area contributed by atoms with Crippen LogP contribution < -0.4 is 5.32 Å². The van der Waals surface area contributed by atoms with Crippen LogP contribution in [0, 0.1) is 6.92 Å². The van der Waals surface area contributed by atoms with E-state index in [0.29, 0.717) is 0 Å². The van der Waals surface area contributed by atoms with Gasteiger partial charge in [-0.1, -0.05) is 24.3 Å². The summed E-state index contributed by atoms with van der Waals surface area (Å²) in [4.78, 5) is 4.67. The molecule has 0 aliphatic rings. The van der Waals surface area contributed by atoms with E-state index in [0.717, 1.165) is 24.3 Å². The number of aromatic nitrogens is 3. The van der Waals surface area contributed by atoms with Crippen molar-refractivity contribution in [1.29, 1.82) is 0 Å². The third-order valence-corrected chi connectivity index (χ3v) is 5.41. The monoisotopic (exact) mass is 374 g/mol. The second-order valence-corrected chi connectivity index (χ2v) is 7.33. The molecule has 0 saturated heterocycles. The number of benzene rings is 1. The lowest BCUT2D eigenvalue weighted by atomic mass is 10.0. The fraction of sp³-hybridized carbons (Fsp3) is 0.182. The largest absolute Gasteiger partial charge is 0.304 e. The Morgan fingerprint density at radius 1 is 1.07 bits per heavy atom. The minimum atomic E-state index is 0.159. The van der Waals surface area contributed by atoms with Crippen LogP contribution in [0.25, 0.3) is 5.69 Å². The fourth-order valence-corrected chi connectivity index (χ4v) is 3.98. The van der Waals surface area contributed by atoms with Crippen molar-refractivity contribution in [3.05, 3.63) is 100 Å². The van der Waals surface area contributed by atoms with Crippen LogP contribution in [0.4, 0.5) is 0 Å². The van der Waals surface area contributed by atoms with E-state index in [1.807, 2.05) is 35.3 Å². The van der Waals surface area contributed by atoms with Crippen LogP contribution in [0.15, 0.2) is 77.9 Å². The minimum absolute atomic E-state index is 0.159. The van der Waals surface area contributed by atoms with E-state index in [4.69, 9.17) is 0 Å². The zero-order valence-corrected chi connectivity index (χ0v) is 16.1. The van der Waals surface area contributed by atoms with Gasteiger partial charge in [0.1, 0.15) is 0 Å². The molecule has 0 aliphatic heterocycles. The van der Waals surface area contributed by atoms with Gasteiger partial charge in [-0.15, -0.1) is 0 Å². The normalized spacial score (nSPS) is 12.2. The lowest BCUT2D eigenvalue weighted by Gasteiger charge is -2.21. The molecule has 0 fully saturated rings. The second kappa shape index (κ2) is 8.29. The van der Waals surface area contributed by atoms with Gasteiger partial charge in [0.15, 0.2) is 0 Å². The number of rotatable bonds is 7. The Labute approximate surface area is 163 Å². The zero-order chi connectivity index (χ0) is 18.5. The summed E-state index contributed by atoms with van der Waals surface area (Å²) in [6.45, 7) is 2.88. The molecular weight excluding hydrogens is 352 g/mol. The molecule has 0 saturated carbocycles. The van der Waals surface area contributed by atoms with Gasteiger partial charge in [-0.05, 0) is 65.1 Å². The number of nitrogens with zero attached hydrogens (tertiary/aromatic N) is 3. The van der Waals surface area contributed by atoms with Gasteiger partial charge in [0, 0.05) is 25.1 Å². The van der Waals surface area contributed by atoms with Gasteiger partial charge in [-0.25, -0.2) is 4.68 Å². The van der Waals surface area contributed by atoms with Gasteiger partial charge in [0.2, 0.25) is 0 Å². The van der Waals surface area contributed by atoms with Crippen molar-refractivity contribution in [3.8, 4) is 5.69 Å². The Morgan fingerprint density at radius 3 is 2.78 bits per heavy atom. The average Bonchev–Trinajstić information content (AvgIpc) is 3.40. The zero-order valence-electron chi connectivity index (χ0n) is 15.2. The Balaban J connectivity index is 1.59. The quantitative estimate of drug-likeness (QED) is 0.509. The standard InChI is InChI=1S/C22H22N4S/c1-17-6-4-10-23-22(17)20(14-18-9-13-27-16-18)24-15-19-7-2-3-8-21(19)26-12-5-11-25-26/h2-13,16,20,24H,14-15H2,1H3/t20-/m1/s1. The van der Waals surface area contributed by atoms with Crippen LogP contribution in [0.5, 0.6) is 0 Å². The van der Waals surface area contributed by atoms with Gasteiger partial charge in [0.25, 0.3) is 0 Å². The van der Waals surface area contributed by atoms with Gasteiger partial charge in [-0.3, -0.25) is 4.98 Å². The van der Waals surface area contributed by atoms with E-state index in [-0.39, 0.29) is 6.04 Å². The predicted molar refractivity (Wildman–Crippen MR) is 110 cm³/mol. The van der Waals surface area contributed by atoms with Crippen molar-refractivity contribution in [3.63, 3.8) is 0 Å². The van der Waals surface area contributed by atoms with Crippen molar-refractivity contribution in [2.45, 2.75) is 25.9 Å². The van der Waals surface area contributed by atoms with E-state index in [2.05, 4.69) is 63.4 Å². The predicted octanol–water partition coefficient (Wildman–Crippen LogP) is 4.71. The van der Waals surface area contributed by atoms with Crippen molar-refractivity contribution in [2.24, 2.45) is 0 Å². The molecule has 1 aromatic carbocycles. The lowest BCUT2D eigenvalue weighted by molar-refractivity contribution is 0.515. The van der Waals surface area contributed by atoms with Crippen LogP contribution in [0.2, 0.25) is 0 Å². The Kier molecular flexibility index (Phi) is 5.42. The molecule has 5 heteroatoms. The fourth-order valence-electron chi connectivity index (χ4n) is 3.30. The third-order valence-electron chi connectivity index (χ3n) is 4.68. The second-order valence-electron chi connectivity index (χ2n) is 6.55. The minimum Gasteiger partial charge on any atom is -0.304 e. The number of nitrogens with one attached hydrogen (secondary N) is 1. The highest BCUT2D eigenvalue weighted by Gasteiger charge is 2.17. The van der Waals surface area contributed by atoms with Crippen molar-refractivity contribution in [2.75, 3.05) is 0 Å². The van der Waals surface area contributed by atoms with Gasteiger partial charge in [0.05, 0.1) is 17.4 Å². The summed E-state index contributed by atoms with van der Waals surface area (Å²) >= 11 is 1.74. The molecule has 0 amide bonds. The first kappa shape index (κ1) is 17.6. The molecule has 4 aromatic rings. The summed E-state index contributed by atoms with van der Waals surface area (Å²) in [6.07, 6.45) is 6.58. The first-order valence-corrected chi connectivity index (χ1v) is 9.99. The van der Waals surface area contributed by atoms with Crippen LogP contribution in [-0.4, -0.2) is 14.8 Å². The van der Waals surface area contributed by atoms with Crippen LogP contribution in [0.1, 0.15) is 28.4 Å². The molecule has 3 aromatic heterocycles. The van der Waals surface area contributed by atoms with Gasteiger partial charge in [-0.2, -0.15) is 16.4 Å². The van der Waals surface area contributed by atoms with E-state index >= 15 is 0 Å². The molecule has 0 unspecified atom stereocenters. The van der Waals surface area contributed by atoms with Crippen molar-refractivity contribution in [1.82, 2.24) is 20.1 Å². The summed E-state index contributed by atoms with van der Waals surface area (Å²) in [6, 6.07) is 16.8. The van der Waals surface area contributed by atoms with Gasteiger partial charge < -0.3 is 5.32 Å². The summed E-state index contributed by atoms with van der Waals surface area (Å²) in [5, 5.41) is 12.5. The third kappa shape index (κ3) is 4.15. The molecule has 4 nitrogen and oxygen atoms in total. The van der Waals surface area contributed by atoms with Crippen LogP contribution >= 0.6 is 11.3 Å². The smallest absolute Gasteiger partial charge is 0.0690 e. The molecule has 1 atom stereocenters. The van der Waals surface area contributed by atoms with E-state index in [9.17, 15) is 0 Å². The van der Waals surface area contributed by atoms with E-state index in [1.165, 1.54) is 16.7 Å². The molecule has 0 spiro atoms. The highest BCUT2D eigenvalue weighted by molar-refractivity contribution is 7.07. The molecule has 136 valence electrons. The maximum Gasteiger partial charge on any atom is 0.0690 e.